The van der Waals surface area contributed by atoms with Gasteiger partial charge in [-0.25, -0.2) is 0 Å². The maximum Gasteiger partial charge on any atom is 0.156 e. The Labute approximate surface area is 677 Å². The van der Waals surface area contributed by atoms with Crippen molar-refractivity contribution in [2.24, 2.45) is 178 Å². The molecule has 0 aromatic rings. The molecule has 612 valence electrons. The van der Waals surface area contributed by atoms with Crippen LogP contribution in [0.3, 0.4) is 0 Å². The molecule has 0 spiro atoms. The fraction of sp³-hybridized carbons (Fsp3) is 1.00. The van der Waals surface area contributed by atoms with Crippen molar-refractivity contribution in [3.8, 4) is 0 Å². The van der Waals surface area contributed by atoms with Crippen molar-refractivity contribution in [3.63, 3.8) is 0 Å². The Morgan fingerprint density at radius 3 is 0.827 bits per heavy atom. The molecule has 3 saturated heterocycles. The summed E-state index contributed by atoms with van der Waals surface area (Å²) in [5, 5.41) is 0. The maximum absolute atomic E-state index is 4.10. The third-order valence-corrected chi connectivity index (χ3v) is 46.4. The fourth-order valence-electron chi connectivity index (χ4n) is 44.0. The molecule has 3 aliphatic heterocycles. The van der Waals surface area contributed by atoms with E-state index < -0.39 is 0 Å². The van der Waals surface area contributed by atoms with Crippen LogP contribution in [-0.2, 0) is 0 Å². The summed E-state index contributed by atoms with van der Waals surface area (Å²) >= 11 is 0. The predicted octanol–water partition coefficient (Wildman–Crippen LogP) is 27.6. The minimum absolute atomic E-state index is 0.832. The molecule has 34 atom stereocenters. The van der Waals surface area contributed by atoms with E-state index in [1.165, 1.54) is 0 Å². The molecule has 24 fully saturated rings. The van der Waals surface area contributed by atoms with E-state index in [1.807, 2.05) is 0 Å². The quantitative estimate of drug-likeness (QED) is 0.213. The van der Waals surface area contributed by atoms with Crippen molar-refractivity contribution >= 4 is 6.71 Å². The number of hydrogen-bond donors (Lipinski definition) is 0. The molecule has 3 nitrogen and oxygen atoms in total. The average molecular weight is 1500 g/mol. The molecule has 24 aliphatic rings. The van der Waals surface area contributed by atoms with Crippen molar-refractivity contribution in [2.75, 3.05) is 0 Å². The summed E-state index contributed by atoms with van der Waals surface area (Å²) in [6.07, 6.45) is 103. The molecule has 24 rings (SSSR count). The highest BCUT2D eigenvalue weighted by molar-refractivity contribution is 6.65. The molecule has 21 aliphatic carbocycles. The lowest BCUT2D eigenvalue weighted by atomic mass is 9.18. The lowest BCUT2D eigenvalue weighted by Gasteiger charge is -2.73. The lowest BCUT2D eigenvalue weighted by molar-refractivity contribution is -0.172. The van der Waals surface area contributed by atoms with Gasteiger partial charge < -0.3 is 0 Å². The standard InChI is InChI=1S/C106H170BN3/c1-5-25-65(26-6-1)78-41-23-42-79(66-27-7-2-8-28-66)105(78)109-94-61-73(76-57-53-71-37-19-47-86-84-45-17-33-69-35-21-49-88(98(69)84)102(76)100(71)86)55-59-90(94)107-91-60-56-74(77-58-54-72-38-20-48-87-85-46-18-34-70-36-22-50-89(99(70)85)103(77)101(72)87)62-95(91)110(106-80(67-29-9-3-10-30-67)43-24-44-81(106)68-31-11-4-12-32-68)97-64-75(63-96(109)104(97)107)108-92-51-15-13-39-82(92)83-40-14-16-52-93(83)108/h65-106H,1-64H2. The van der Waals surface area contributed by atoms with Crippen LogP contribution in [0.5, 0.6) is 0 Å². The normalized spacial score (nSPS) is 55.0. The Morgan fingerprint density at radius 1 is 0.155 bits per heavy atom. The first-order valence-corrected chi connectivity index (χ1v) is 54.0. The Kier molecular flexibility index (Phi) is 20.9. The zero-order valence-corrected chi connectivity index (χ0v) is 71.4. The molecule has 0 bridgehead atoms. The summed E-state index contributed by atoms with van der Waals surface area (Å²) in [5.74, 6) is 35.0. The van der Waals surface area contributed by atoms with E-state index in [0.29, 0.717) is 0 Å². The van der Waals surface area contributed by atoms with Crippen LogP contribution in [0.1, 0.15) is 411 Å². The number of fused-ring (bicyclic) bond motifs is 11. The first-order valence-electron chi connectivity index (χ1n) is 54.0. The first kappa shape index (κ1) is 73.8. The third kappa shape index (κ3) is 12.2. The van der Waals surface area contributed by atoms with Crippen LogP contribution in [0.4, 0.5) is 0 Å². The fourth-order valence-corrected chi connectivity index (χ4v) is 44.0. The van der Waals surface area contributed by atoms with Gasteiger partial charge in [0.15, 0.2) is 6.71 Å². The molecule has 0 aromatic heterocycles. The van der Waals surface area contributed by atoms with Gasteiger partial charge in [0.2, 0.25) is 0 Å². The van der Waals surface area contributed by atoms with E-state index in [2.05, 4.69) is 14.7 Å². The van der Waals surface area contributed by atoms with E-state index in [4.69, 9.17) is 0 Å². The topological polar surface area (TPSA) is 9.72 Å². The highest BCUT2D eigenvalue weighted by Crippen LogP contribution is 2.74. The van der Waals surface area contributed by atoms with Gasteiger partial charge in [-0.1, -0.05) is 270 Å². The smallest absolute Gasteiger partial charge is 0.156 e. The first-order chi connectivity index (χ1) is 54.6. The van der Waals surface area contributed by atoms with Crippen LogP contribution in [-0.4, -0.2) is 75.8 Å². The molecule has 0 N–H and O–H groups in total. The molecule has 21 saturated carbocycles. The van der Waals surface area contributed by atoms with E-state index in [0.717, 1.165) is 256 Å². The van der Waals surface area contributed by atoms with Gasteiger partial charge in [0.25, 0.3) is 0 Å². The second-order valence-corrected chi connectivity index (χ2v) is 49.0. The molecule has 110 heavy (non-hydrogen) atoms. The molecule has 3 heterocycles. The molecule has 4 heteroatoms. The van der Waals surface area contributed by atoms with Crippen molar-refractivity contribution in [1.82, 2.24) is 14.7 Å². The van der Waals surface area contributed by atoms with E-state index >= 15 is 0 Å². The summed E-state index contributed by atoms with van der Waals surface area (Å²) in [6, 6.07) is 7.92. The Morgan fingerprint density at radius 2 is 0.445 bits per heavy atom. The number of rotatable bonds is 9. The SMILES string of the molecule is C1CCC(C2CCCC(C3CCCCC3)C2N2C3CC(C4CCC5CCCC6C7CCCC8CCCC(C87)C4C56)CCC3B3C4CCC(C5CCC6CCCC7C8CCCC9CCCC(C98)C5C67)CC4N(C4C(C5CCCCC5)CCCC4C4CCCCC4)C4CC(N5C6CCCCC6C6CCCCC65)CC2C34)CC1. The number of nitrogens with zero attached hydrogens (tertiary/aromatic N) is 3. The van der Waals surface area contributed by atoms with Crippen LogP contribution >= 0.6 is 0 Å². The third-order valence-electron chi connectivity index (χ3n) is 46.4. The van der Waals surface area contributed by atoms with Crippen LogP contribution in [0.25, 0.3) is 0 Å². The summed E-state index contributed by atoms with van der Waals surface area (Å²) in [6.45, 7) is 1.01. The van der Waals surface area contributed by atoms with Gasteiger partial charge in [0, 0.05) is 54.4 Å². The Hall–Kier alpha value is -0.0551. The molecule has 0 aromatic carbocycles. The van der Waals surface area contributed by atoms with Crippen molar-refractivity contribution in [2.45, 2.75) is 483 Å². The van der Waals surface area contributed by atoms with Gasteiger partial charge in [-0.2, -0.15) is 0 Å². The van der Waals surface area contributed by atoms with E-state index in [9.17, 15) is 0 Å². The second kappa shape index (κ2) is 31.1. The Bertz CT molecular complexity index is 2840. The van der Waals surface area contributed by atoms with Gasteiger partial charge in [0.1, 0.15) is 0 Å². The molecule has 0 radical (unpaired) electrons. The minimum Gasteiger partial charge on any atom is -0.295 e. The van der Waals surface area contributed by atoms with Crippen LogP contribution < -0.4 is 0 Å². The van der Waals surface area contributed by atoms with Gasteiger partial charge in [0.05, 0.1) is 0 Å². The van der Waals surface area contributed by atoms with E-state index in [-0.39, 0.29) is 0 Å². The van der Waals surface area contributed by atoms with Gasteiger partial charge in [-0.05, 0) is 336 Å². The van der Waals surface area contributed by atoms with Crippen molar-refractivity contribution in [3.05, 3.63) is 0 Å². The molecular formula is C106H170BN3. The van der Waals surface area contributed by atoms with Gasteiger partial charge >= 0.3 is 0 Å². The molecular weight excluding hydrogens is 1330 g/mol. The zero-order valence-electron chi connectivity index (χ0n) is 71.4. The predicted molar refractivity (Wildman–Crippen MR) is 457 cm³/mol. The van der Waals surface area contributed by atoms with Crippen molar-refractivity contribution in [1.29, 1.82) is 0 Å². The molecule has 34 unspecified atom stereocenters. The lowest BCUT2D eigenvalue weighted by Crippen LogP contribution is -2.78. The highest BCUT2D eigenvalue weighted by Gasteiger charge is 2.72. The monoisotopic (exact) mass is 1500 g/mol. The van der Waals surface area contributed by atoms with Crippen LogP contribution in [0, 0.1) is 178 Å². The van der Waals surface area contributed by atoms with Gasteiger partial charge in [-0.15, -0.1) is 0 Å². The molecule has 0 amide bonds. The van der Waals surface area contributed by atoms with E-state index in [1.54, 1.807) is 411 Å². The minimum atomic E-state index is 0.832. The van der Waals surface area contributed by atoms with Crippen molar-refractivity contribution < 1.29 is 0 Å². The average Bonchev–Trinajstić information content (AvgIpc) is 0.808. The highest BCUT2D eigenvalue weighted by atomic mass is 15.3. The summed E-state index contributed by atoms with van der Waals surface area (Å²) in [7, 11) is 0. The largest absolute Gasteiger partial charge is 0.295 e. The zero-order chi connectivity index (χ0) is 71.8. The van der Waals surface area contributed by atoms with Crippen LogP contribution in [0.2, 0.25) is 17.5 Å². The summed E-state index contributed by atoms with van der Waals surface area (Å²) in [4.78, 5) is 11.9. The summed E-state index contributed by atoms with van der Waals surface area (Å²) < 4.78 is 0. The summed E-state index contributed by atoms with van der Waals surface area (Å²) in [5.41, 5.74) is 0. The van der Waals surface area contributed by atoms with Crippen LogP contribution in [0.15, 0.2) is 0 Å². The maximum atomic E-state index is 4.10. The number of hydrogen-bond acceptors (Lipinski definition) is 3. The van der Waals surface area contributed by atoms with Gasteiger partial charge in [-0.3, -0.25) is 14.7 Å². The second-order valence-electron chi connectivity index (χ2n) is 49.0. The Balaban J connectivity index is 0.692. The number of likely N-dealkylation sites (tertiary alicyclic amines) is 1.